The second kappa shape index (κ2) is 7.16. The Bertz CT molecular complexity index is 628. The number of hydrogen-bond acceptors (Lipinski definition) is 5. The number of benzene rings is 1. The summed E-state index contributed by atoms with van der Waals surface area (Å²) in [6.07, 6.45) is 0. The van der Waals surface area contributed by atoms with Crippen molar-refractivity contribution >= 4 is 23.5 Å². The van der Waals surface area contributed by atoms with Crippen molar-refractivity contribution in [1.82, 2.24) is 10.6 Å². The molecule has 0 unspecified atom stereocenters. The Hall–Kier alpha value is -2.97. The molecular weight excluding hydrogens is 294 g/mol. The number of nitrogens with one attached hydrogen (secondary N) is 2. The molecule has 9 nitrogen and oxygen atoms in total. The van der Waals surface area contributed by atoms with Crippen molar-refractivity contribution in [2.45, 2.75) is 19.9 Å². The van der Waals surface area contributed by atoms with E-state index in [0.717, 1.165) is 0 Å². The summed E-state index contributed by atoms with van der Waals surface area (Å²) in [6, 6.07) is 2.76. The highest BCUT2D eigenvalue weighted by Gasteiger charge is 2.16. The van der Waals surface area contributed by atoms with Gasteiger partial charge in [-0.3, -0.25) is 24.5 Å². The maximum Gasteiger partial charge on any atom is 0.325 e. The molecule has 0 spiro atoms. The first-order valence-corrected chi connectivity index (χ1v) is 6.27. The molecule has 2 amide bonds. The molecule has 22 heavy (non-hydrogen) atoms. The Balaban J connectivity index is 2.63. The molecule has 0 heterocycles. The van der Waals surface area contributed by atoms with Crippen LogP contribution in [-0.4, -0.2) is 40.4 Å². The first-order valence-electron chi connectivity index (χ1n) is 6.27. The van der Waals surface area contributed by atoms with Crippen LogP contribution in [0.15, 0.2) is 18.2 Å². The van der Waals surface area contributed by atoms with Crippen LogP contribution in [0, 0.1) is 17.0 Å². The van der Waals surface area contributed by atoms with Gasteiger partial charge in [-0.1, -0.05) is 0 Å². The van der Waals surface area contributed by atoms with Gasteiger partial charge in [0.25, 0.3) is 11.6 Å². The smallest absolute Gasteiger partial charge is 0.325 e. The number of amides is 2. The van der Waals surface area contributed by atoms with Crippen LogP contribution in [0.3, 0.4) is 0 Å². The summed E-state index contributed by atoms with van der Waals surface area (Å²) in [5.74, 6) is -2.43. The topological polar surface area (TPSA) is 139 Å². The fraction of sp³-hybridized carbons (Fsp3) is 0.308. The van der Waals surface area contributed by atoms with Gasteiger partial charge in [0.15, 0.2) is 0 Å². The number of carbonyl (C=O) groups is 3. The van der Waals surface area contributed by atoms with E-state index in [1.165, 1.54) is 32.0 Å². The van der Waals surface area contributed by atoms with Crippen LogP contribution in [-0.2, 0) is 9.59 Å². The molecule has 1 aromatic carbocycles. The molecule has 0 aliphatic rings. The van der Waals surface area contributed by atoms with Crippen molar-refractivity contribution in [3.05, 3.63) is 39.4 Å². The molecule has 9 heteroatoms. The van der Waals surface area contributed by atoms with E-state index >= 15 is 0 Å². The van der Waals surface area contributed by atoms with Gasteiger partial charge in [0.2, 0.25) is 5.91 Å². The highest BCUT2D eigenvalue weighted by Crippen LogP contribution is 2.18. The third kappa shape index (κ3) is 4.54. The molecule has 118 valence electrons. The van der Waals surface area contributed by atoms with Crippen molar-refractivity contribution in [3.63, 3.8) is 0 Å². The maximum atomic E-state index is 11.8. The van der Waals surface area contributed by atoms with Crippen molar-refractivity contribution in [3.8, 4) is 0 Å². The van der Waals surface area contributed by atoms with E-state index in [1.54, 1.807) is 0 Å². The van der Waals surface area contributed by atoms with E-state index in [9.17, 15) is 24.5 Å². The third-order valence-electron chi connectivity index (χ3n) is 2.81. The van der Waals surface area contributed by atoms with Crippen molar-refractivity contribution in [1.29, 1.82) is 0 Å². The summed E-state index contributed by atoms with van der Waals surface area (Å²) in [5.41, 5.74) is 0.383. The van der Waals surface area contributed by atoms with Crippen molar-refractivity contribution in [2.75, 3.05) is 6.54 Å². The second-order valence-corrected chi connectivity index (χ2v) is 4.57. The summed E-state index contributed by atoms with van der Waals surface area (Å²) < 4.78 is 0. The molecule has 0 radical (unpaired) electrons. The van der Waals surface area contributed by atoms with E-state index in [1.807, 2.05) is 0 Å². The summed E-state index contributed by atoms with van der Waals surface area (Å²) in [4.78, 5) is 43.9. The highest BCUT2D eigenvalue weighted by atomic mass is 16.6. The lowest BCUT2D eigenvalue weighted by molar-refractivity contribution is -0.385. The molecule has 0 saturated heterocycles. The monoisotopic (exact) mass is 309 g/mol. The molecule has 1 rings (SSSR count). The Morgan fingerprint density at radius 3 is 2.50 bits per heavy atom. The first kappa shape index (κ1) is 17.1. The van der Waals surface area contributed by atoms with Crippen LogP contribution in [0.4, 0.5) is 5.69 Å². The average Bonchev–Trinajstić information content (AvgIpc) is 2.43. The predicted octanol–water partition coefficient (Wildman–Crippen LogP) is 0.222. The predicted molar refractivity (Wildman–Crippen MR) is 75.4 cm³/mol. The SMILES string of the molecule is Cc1cc(C(=O)NCC(=O)N[C@H](C)C(=O)O)ccc1[N+](=O)[O-]. The second-order valence-electron chi connectivity index (χ2n) is 4.57. The average molecular weight is 309 g/mol. The van der Waals surface area contributed by atoms with Crippen LogP contribution in [0.1, 0.15) is 22.8 Å². The zero-order valence-corrected chi connectivity index (χ0v) is 12.0. The zero-order chi connectivity index (χ0) is 16.9. The molecular formula is C13H15N3O6. The van der Waals surface area contributed by atoms with Crippen molar-refractivity contribution in [2.24, 2.45) is 0 Å². The number of aryl methyl sites for hydroxylation is 1. The van der Waals surface area contributed by atoms with Gasteiger partial charge in [0.1, 0.15) is 6.04 Å². The summed E-state index contributed by atoms with van der Waals surface area (Å²) in [6.45, 7) is 2.39. The molecule has 0 aliphatic carbocycles. The quantitative estimate of drug-likeness (QED) is 0.507. The standard InChI is InChI=1S/C13H15N3O6/c1-7-5-9(3-4-10(7)16(21)22)12(18)14-6-11(17)15-8(2)13(19)20/h3-5,8H,6H2,1-2H3,(H,14,18)(H,15,17)(H,19,20)/t8-/m1/s1. The van der Waals surface area contributed by atoms with E-state index in [-0.39, 0.29) is 11.3 Å². The molecule has 0 aromatic heterocycles. The molecule has 1 atom stereocenters. The lowest BCUT2D eigenvalue weighted by atomic mass is 10.1. The number of carboxylic acid groups (broad SMARTS) is 1. The number of nitro groups is 1. The first-order chi connectivity index (χ1) is 10.2. The van der Waals surface area contributed by atoms with E-state index in [4.69, 9.17) is 5.11 Å². The number of aliphatic carboxylic acids is 1. The minimum atomic E-state index is -1.19. The van der Waals surface area contributed by atoms with Crippen LogP contribution < -0.4 is 10.6 Å². The number of rotatable bonds is 6. The summed E-state index contributed by atoms with van der Waals surface area (Å²) in [7, 11) is 0. The van der Waals surface area contributed by atoms with Gasteiger partial charge in [0.05, 0.1) is 11.5 Å². The largest absolute Gasteiger partial charge is 0.480 e. The van der Waals surface area contributed by atoms with Gasteiger partial charge < -0.3 is 15.7 Å². The fourth-order valence-corrected chi connectivity index (χ4v) is 1.62. The molecule has 3 N–H and O–H groups in total. The van der Waals surface area contributed by atoms with Crippen molar-refractivity contribution < 1.29 is 24.4 Å². The highest BCUT2D eigenvalue weighted by molar-refractivity contribution is 5.97. The Morgan fingerprint density at radius 2 is 2.00 bits per heavy atom. The molecule has 0 fully saturated rings. The van der Waals surface area contributed by atoms with Crippen LogP contribution in [0.25, 0.3) is 0 Å². The number of nitro benzene ring substituents is 1. The molecule has 0 saturated carbocycles. The van der Waals surface area contributed by atoms with Gasteiger partial charge >= 0.3 is 5.97 Å². The van der Waals surface area contributed by atoms with Crippen LogP contribution >= 0.6 is 0 Å². The Kier molecular flexibility index (Phi) is 5.56. The van der Waals surface area contributed by atoms with Gasteiger partial charge in [-0.25, -0.2) is 0 Å². The van der Waals surface area contributed by atoms with Gasteiger partial charge in [-0.15, -0.1) is 0 Å². The van der Waals surface area contributed by atoms with Gasteiger partial charge in [-0.2, -0.15) is 0 Å². The normalized spacial score (nSPS) is 11.4. The Labute approximate surface area is 125 Å². The van der Waals surface area contributed by atoms with E-state index in [2.05, 4.69) is 10.6 Å². The van der Waals surface area contributed by atoms with E-state index < -0.39 is 35.3 Å². The zero-order valence-electron chi connectivity index (χ0n) is 12.0. The lowest BCUT2D eigenvalue weighted by Gasteiger charge is -2.10. The van der Waals surface area contributed by atoms with E-state index in [0.29, 0.717) is 5.56 Å². The third-order valence-corrected chi connectivity index (χ3v) is 2.81. The molecule has 0 bridgehead atoms. The number of nitrogens with zero attached hydrogens (tertiary/aromatic N) is 1. The summed E-state index contributed by atoms with van der Waals surface area (Å²) >= 11 is 0. The number of carboxylic acids is 1. The number of carbonyl (C=O) groups excluding carboxylic acids is 2. The number of hydrogen-bond donors (Lipinski definition) is 3. The molecule has 1 aromatic rings. The minimum Gasteiger partial charge on any atom is -0.480 e. The minimum absolute atomic E-state index is 0.107. The van der Waals surface area contributed by atoms with Gasteiger partial charge in [-0.05, 0) is 26.0 Å². The molecule has 0 aliphatic heterocycles. The van der Waals surface area contributed by atoms with Crippen LogP contribution in [0.5, 0.6) is 0 Å². The van der Waals surface area contributed by atoms with Gasteiger partial charge in [0, 0.05) is 17.2 Å². The van der Waals surface area contributed by atoms with Crippen LogP contribution in [0.2, 0.25) is 0 Å². The lowest BCUT2D eigenvalue weighted by Crippen LogP contribution is -2.44. The fourth-order valence-electron chi connectivity index (χ4n) is 1.62. The maximum absolute atomic E-state index is 11.8. The summed E-state index contributed by atoms with van der Waals surface area (Å²) in [5, 5.41) is 23.8. The Morgan fingerprint density at radius 1 is 1.36 bits per heavy atom.